The van der Waals surface area contributed by atoms with Crippen LogP contribution in [0.4, 0.5) is 0 Å². The van der Waals surface area contributed by atoms with E-state index in [2.05, 4.69) is 4.99 Å². The van der Waals surface area contributed by atoms with Gasteiger partial charge in [0.05, 0.1) is 0 Å². The average Bonchev–Trinajstić information content (AvgIpc) is 2.97. The lowest BCUT2D eigenvalue weighted by Crippen LogP contribution is -2.05. The van der Waals surface area contributed by atoms with Gasteiger partial charge in [-0.25, -0.2) is 9.79 Å². The Hall–Kier alpha value is -2.91. The number of cyclic esters (lactones) is 1. The van der Waals surface area contributed by atoms with Crippen molar-refractivity contribution in [2.24, 2.45) is 4.99 Å². The van der Waals surface area contributed by atoms with E-state index in [4.69, 9.17) is 16.3 Å². The van der Waals surface area contributed by atoms with Crippen LogP contribution in [-0.4, -0.2) is 11.9 Å². The summed E-state index contributed by atoms with van der Waals surface area (Å²) in [6.45, 7) is 0. The van der Waals surface area contributed by atoms with Crippen LogP contribution in [0.25, 0.3) is 16.8 Å². The number of ether oxygens (including phenoxy) is 1. The highest BCUT2D eigenvalue weighted by atomic mass is 35.5. The first-order valence-corrected chi connectivity index (χ1v) is 7.85. The molecule has 0 aromatic heterocycles. The maximum Gasteiger partial charge on any atom is 0.363 e. The maximum absolute atomic E-state index is 12.1. The van der Waals surface area contributed by atoms with Crippen LogP contribution in [0.2, 0.25) is 5.02 Å². The van der Waals surface area contributed by atoms with Crippen molar-refractivity contribution in [3.05, 3.63) is 88.6 Å². The molecule has 3 nitrogen and oxygen atoms in total. The monoisotopic (exact) mass is 333 g/mol. The van der Waals surface area contributed by atoms with Gasteiger partial charge >= 0.3 is 5.97 Å². The fraction of sp³-hybridized carbons (Fsp3) is 0. The molecule has 3 aromatic rings. The highest BCUT2D eigenvalue weighted by molar-refractivity contribution is 6.30. The van der Waals surface area contributed by atoms with Crippen LogP contribution in [-0.2, 0) is 9.53 Å². The van der Waals surface area contributed by atoms with E-state index in [1.54, 1.807) is 30.3 Å². The lowest BCUT2D eigenvalue weighted by Gasteiger charge is -2.01. The first-order valence-electron chi connectivity index (χ1n) is 7.47. The number of esters is 1. The summed E-state index contributed by atoms with van der Waals surface area (Å²) < 4.78 is 5.28. The Balaban J connectivity index is 1.76. The van der Waals surface area contributed by atoms with Crippen molar-refractivity contribution >= 4 is 40.3 Å². The number of nitrogens with zero attached hydrogens (tertiary/aromatic N) is 1. The average molecular weight is 334 g/mol. The van der Waals surface area contributed by atoms with Crippen molar-refractivity contribution in [2.75, 3.05) is 0 Å². The Kier molecular flexibility index (Phi) is 3.63. The molecule has 4 heteroatoms. The molecule has 0 bridgehead atoms. The number of rotatable bonds is 2. The molecule has 1 aliphatic heterocycles. The fourth-order valence-electron chi connectivity index (χ4n) is 2.65. The SMILES string of the molecule is O=C1OC(c2ccc(Cl)cc2)=NC1=Cc1cccc2ccccc12. The summed E-state index contributed by atoms with van der Waals surface area (Å²) in [7, 11) is 0. The van der Waals surface area contributed by atoms with Gasteiger partial charge < -0.3 is 4.74 Å². The van der Waals surface area contributed by atoms with Crippen LogP contribution in [0.5, 0.6) is 0 Å². The highest BCUT2D eigenvalue weighted by Crippen LogP contribution is 2.24. The van der Waals surface area contributed by atoms with Crippen LogP contribution < -0.4 is 0 Å². The molecule has 0 saturated carbocycles. The second-order valence-corrected chi connectivity index (χ2v) is 5.85. The van der Waals surface area contributed by atoms with Crippen LogP contribution in [0, 0.1) is 0 Å². The first-order chi connectivity index (χ1) is 11.7. The van der Waals surface area contributed by atoms with Crippen LogP contribution in [0.15, 0.2) is 77.4 Å². The topological polar surface area (TPSA) is 38.7 Å². The van der Waals surface area contributed by atoms with E-state index in [1.807, 2.05) is 42.5 Å². The van der Waals surface area contributed by atoms with Crippen LogP contribution in [0.3, 0.4) is 0 Å². The van der Waals surface area contributed by atoms with Crippen LogP contribution in [0.1, 0.15) is 11.1 Å². The van der Waals surface area contributed by atoms with Gasteiger partial charge in [0.25, 0.3) is 0 Å². The molecule has 0 spiro atoms. The number of benzene rings is 3. The summed E-state index contributed by atoms with van der Waals surface area (Å²) in [5.41, 5.74) is 1.94. The molecule has 0 N–H and O–H groups in total. The molecule has 4 rings (SSSR count). The molecule has 0 unspecified atom stereocenters. The predicted molar refractivity (Wildman–Crippen MR) is 96.0 cm³/mol. The van der Waals surface area contributed by atoms with Crippen molar-refractivity contribution in [3.8, 4) is 0 Å². The van der Waals surface area contributed by atoms with Gasteiger partial charge in [-0.2, -0.15) is 0 Å². The van der Waals surface area contributed by atoms with Gasteiger partial charge in [0, 0.05) is 10.6 Å². The van der Waals surface area contributed by atoms with Gasteiger partial charge in [0.1, 0.15) is 0 Å². The summed E-state index contributed by atoms with van der Waals surface area (Å²) in [4.78, 5) is 16.5. The van der Waals surface area contributed by atoms with E-state index in [1.165, 1.54) is 0 Å². The number of carbonyl (C=O) groups is 1. The maximum atomic E-state index is 12.1. The Labute approximate surface area is 143 Å². The number of carbonyl (C=O) groups excluding carboxylic acids is 1. The summed E-state index contributed by atoms with van der Waals surface area (Å²) in [5.74, 6) is -0.156. The lowest BCUT2D eigenvalue weighted by molar-refractivity contribution is -0.129. The van der Waals surface area contributed by atoms with Gasteiger partial charge in [-0.1, -0.05) is 54.1 Å². The minimum Gasteiger partial charge on any atom is -0.402 e. The Bertz CT molecular complexity index is 998. The third kappa shape index (κ3) is 2.70. The van der Waals surface area contributed by atoms with Crippen molar-refractivity contribution in [1.82, 2.24) is 0 Å². The second-order valence-electron chi connectivity index (χ2n) is 5.41. The molecular weight excluding hydrogens is 322 g/mol. The molecule has 116 valence electrons. The second kappa shape index (κ2) is 5.95. The van der Waals surface area contributed by atoms with E-state index < -0.39 is 5.97 Å². The molecule has 0 radical (unpaired) electrons. The van der Waals surface area contributed by atoms with Gasteiger partial charge in [-0.05, 0) is 46.7 Å². The number of hydrogen-bond acceptors (Lipinski definition) is 3. The van der Waals surface area contributed by atoms with Crippen molar-refractivity contribution in [3.63, 3.8) is 0 Å². The zero-order valence-electron chi connectivity index (χ0n) is 12.6. The summed E-state index contributed by atoms with van der Waals surface area (Å²) in [5, 5.41) is 2.80. The minimum atomic E-state index is -0.451. The van der Waals surface area contributed by atoms with Gasteiger partial charge in [0.2, 0.25) is 5.90 Å². The molecule has 3 aromatic carbocycles. The molecule has 0 amide bonds. The zero-order valence-corrected chi connectivity index (χ0v) is 13.3. The van der Waals surface area contributed by atoms with Gasteiger partial charge in [-0.15, -0.1) is 0 Å². The number of hydrogen-bond donors (Lipinski definition) is 0. The third-order valence-electron chi connectivity index (χ3n) is 3.83. The van der Waals surface area contributed by atoms with Crippen molar-refractivity contribution in [1.29, 1.82) is 0 Å². The number of fused-ring (bicyclic) bond motifs is 1. The smallest absolute Gasteiger partial charge is 0.363 e. The zero-order chi connectivity index (χ0) is 16.5. The first kappa shape index (κ1) is 14.7. The van der Waals surface area contributed by atoms with E-state index >= 15 is 0 Å². The number of halogens is 1. The molecule has 1 aliphatic rings. The Morgan fingerprint density at radius 3 is 2.50 bits per heavy atom. The van der Waals surface area contributed by atoms with Crippen LogP contribution >= 0.6 is 11.6 Å². The molecule has 24 heavy (non-hydrogen) atoms. The standard InChI is InChI=1S/C20H12ClNO2/c21-16-10-8-14(9-11-16)19-22-18(20(23)24-19)12-15-6-3-5-13-4-1-2-7-17(13)15/h1-12H. The molecule has 1 heterocycles. The van der Waals surface area contributed by atoms with E-state index in [0.29, 0.717) is 16.5 Å². The summed E-state index contributed by atoms with van der Waals surface area (Å²) >= 11 is 5.88. The van der Waals surface area contributed by atoms with E-state index in [9.17, 15) is 4.79 Å². The van der Waals surface area contributed by atoms with E-state index in [0.717, 1.165) is 16.3 Å². The predicted octanol–water partition coefficient (Wildman–Crippen LogP) is 4.84. The van der Waals surface area contributed by atoms with Gasteiger partial charge in [0.15, 0.2) is 5.70 Å². The Morgan fingerprint density at radius 2 is 1.67 bits per heavy atom. The Morgan fingerprint density at radius 1 is 0.917 bits per heavy atom. The van der Waals surface area contributed by atoms with Crippen molar-refractivity contribution in [2.45, 2.75) is 0 Å². The summed E-state index contributed by atoms with van der Waals surface area (Å²) in [6.07, 6.45) is 1.76. The lowest BCUT2D eigenvalue weighted by atomic mass is 10.0. The molecule has 0 saturated heterocycles. The fourth-order valence-corrected chi connectivity index (χ4v) is 2.77. The van der Waals surface area contributed by atoms with Gasteiger partial charge in [-0.3, -0.25) is 0 Å². The molecule has 0 aliphatic carbocycles. The van der Waals surface area contributed by atoms with E-state index in [-0.39, 0.29) is 5.70 Å². The number of aliphatic imine (C=N–C) groups is 1. The molecule has 0 fully saturated rings. The normalized spacial score (nSPS) is 15.6. The quantitative estimate of drug-likeness (QED) is 0.497. The minimum absolute atomic E-state index is 0.288. The van der Waals surface area contributed by atoms with Crippen molar-refractivity contribution < 1.29 is 9.53 Å². The summed E-state index contributed by atoms with van der Waals surface area (Å²) in [6, 6.07) is 21.0. The third-order valence-corrected chi connectivity index (χ3v) is 4.08. The largest absolute Gasteiger partial charge is 0.402 e. The molecular formula is C20H12ClNO2. The highest BCUT2D eigenvalue weighted by Gasteiger charge is 2.24. The molecule has 0 atom stereocenters.